The van der Waals surface area contributed by atoms with Gasteiger partial charge in [-0.3, -0.25) is 0 Å². The van der Waals surface area contributed by atoms with Crippen LogP contribution in [0.4, 0.5) is 0 Å². The molecule has 0 atom stereocenters. The standard InChI is InChI=1S/C9H9BrO5/c1-4-5(10)7-9(12-3)8(11-2)6(4)13-15-14-7/h1-3H3. The molecular formula is C9H9BrO5. The largest absolute Gasteiger partial charge is 0.489 e. The fraction of sp³-hybridized carbons (Fsp3) is 0.333. The minimum Gasteiger partial charge on any atom is -0.489 e. The van der Waals surface area contributed by atoms with E-state index in [4.69, 9.17) is 18.6 Å². The fourth-order valence-electron chi connectivity index (χ4n) is 1.38. The number of benzene rings is 1. The summed E-state index contributed by atoms with van der Waals surface area (Å²) in [4.78, 5) is 0. The molecule has 15 heavy (non-hydrogen) atoms. The molecule has 82 valence electrons. The Morgan fingerprint density at radius 3 is 2.13 bits per heavy atom. The first-order valence-electron chi connectivity index (χ1n) is 4.16. The zero-order chi connectivity index (χ0) is 11.0. The van der Waals surface area contributed by atoms with Gasteiger partial charge in [0.05, 0.1) is 18.7 Å². The van der Waals surface area contributed by atoms with E-state index in [0.717, 1.165) is 5.56 Å². The van der Waals surface area contributed by atoms with Crippen molar-refractivity contribution in [3.05, 3.63) is 10.0 Å². The van der Waals surface area contributed by atoms with Crippen LogP contribution < -0.4 is 9.47 Å². The number of rotatable bonds is 2. The van der Waals surface area contributed by atoms with E-state index in [1.165, 1.54) is 14.2 Å². The van der Waals surface area contributed by atoms with Crippen molar-refractivity contribution in [2.45, 2.75) is 6.92 Å². The average molecular weight is 277 g/mol. The van der Waals surface area contributed by atoms with Crippen LogP contribution in [0.2, 0.25) is 0 Å². The van der Waals surface area contributed by atoms with E-state index in [-0.39, 0.29) is 0 Å². The zero-order valence-electron chi connectivity index (χ0n) is 8.42. The van der Waals surface area contributed by atoms with E-state index < -0.39 is 0 Å². The van der Waals surface area contributed by atoms with E-state index in [1.807, 2.05) is 6.92 Å². The van der Waals surface area contributed by atoms with Gasteiger partial charge in [0.2, 0.25) is 22.7 Å². The first-order valence-corrected chi connectivity index (χ1v) is 4.95. The van der Waals surface area contributed by atoms with Crippen LogP contribution in [0.5, 0.6) is 11.5 Å². The van der Waals surface area contributed by atoms with Crippen molar-refractivity contribution < 1.29 is 23.4 Å². The normalized spacial score (nSPS) is 10.7. The molecule has 0 N–H and O–H groups in total. The molecule has 1 aromatic carbocycles. The molecule has 0 aliphatic rings. The van der Waals surface area contributed by atoms with Crippen molar-refractivity contribution in [2.75, 3.05) is 14.2 Å². The molecule has 0 radical (unpaired) electrons. The summed E-state index contributed by atoms with van der Waals surface area (Å²) in [6.45, 7) is 1.85. The molecule has 3 rings (SSSR count). The summed E-state index contributed by atoms with van der Waals surface area (Å²) < 4.78 is 25.5. The van der Waals surface area contributed by atoms with Crippen molar-refractivity contribution in [1.29, 1.82) is 0 Å². The molecule has 6 heteroatoms. The van der Waals surface area contributed by atoms with E-state index in [9.17, 15) is 0 Å². The first-order chi connectivity index (χ1) is 7.20. The SMILES string of the molecule is COc1c(OC)c2oooc1c(C)c2Br. The highest BCUT2D eigenvalue weighted by Crippen LogP contribution is 2.44. The van der Waals surface area contributed by atoms with Gasteiger partial charge in [0.25, 0.3) is 0 Å². The summed E-state index contributed by atoms with van der Waals surface area (Å²) >= 11 is 3.37. The van der Waals surface area contributed by atoms with Gasteiger partial charge in [-0.1, -0.05) is 4.74 Å². The second kappa shape index (κ2) is 3.69. The van der Waals surface area contributed by atoms with Gasteiger partial charge in [-0.2, -0.15) is 0 Å². The number of fused-ring (bicyclic) bond motifs is 4. The van der Waals surface area contributed by atoms with Gasteiger partial charge in [-0.05, 0) is 22.9 Å². The minimum atomic E-state index is 0.396. The molecular weight excluding hydrogens is 268 g/mol. The van der Waals surface area contributed by atoms with Gasteiger partial charge in [0.1, 0.15) is 0 Å². The Kier molecular flexibility index (Phi) is 2.52. The van der Waals surface area contributed by atoms with Gasteiger partial charge < -0.3 is 9.47 Å². The van der Waals surface area contributed by atoms with E-state index in [1.54, 1.807) is 0 Å². The predicted molar refractivity (Wildman–Crippen MR) is 55.1 cm³/mol. The molecule has 3 aromatic rings. The Morgan fingerprint density at radius 2 is 1.53 bits per heavy atom. The first kappa shape index (κ1) is 10.2. The summed E-state index contributed by atoms with van der Waals surface area (Å²) in [6.07, 6.45) is 0. The molecule has 2 aromatic heterocycles. The van der Waals surface area contributed by atoms with Crippen molar-refractivity contribution in [1.82, 2.24) is 0 Å². The Morgan fingerprint density at radius 1 is 1.00 bits per heavy atom. The van der Waals surface area contributed by atoms with Crippen LogP contribution >= 0.6 is 15.9 Å². The Labute approximate surface area is 93.6 Å². The minimum absolute atomic E-state index is 0.396. The third-order valence-corrected chi connectivity index (χ3v) is 3.09. The lowest BCUT2D eigenvalue weighted by Gasteiger charge is -2.08. The lowest BCUT2D eigenvalue weighted by molar-refractivity contribution is -0.157. The van der Waals surface area contributed by atoms with Crippen molar-refractivity contribution in [3.63, 3.8) is 0 Å². The molecule has 0 aliphatic heterocycles. The Bertz CT molecular complexity index is 461. The smallest absolute Gasteiger partial charge is 0.243 e. The summed E-state index contributed by atoms with van der Waals surface area (Å²) in [5.74, 6) is 0.883. The molecule has 0 saturated heterocycles. The van der Waals surface area contributed by atoms with Crippen LogP contribution in [0.1, 0.15) is 5.56 Å². The van der Waals surface area contributed by atoms with Crippen LogP contribution in [0.15, 0.2) is 18.4 Å². The molecule has 0 amide bonds. The average Bonchev–Trinajstić information content (AvgIpc) is 2.51. The maximum atomic E-state index is 5.18. The van der Waals surface area contributed by atoms with Crippen molar-refractivity contribution in [3.8, 4) is 11.5 Å². The second-order valence-corrected chi connectivity index (χ2v) is 3.69. The van der Waals surface area contributed by atoms with Crippen LogP contribution in [0.25, 0.3) is 11.2 Å². The quantitative estimate of drug-likeness (QED) is 0.788. The maximum Gasteiger partial charge on any atom is 0.243 e. The Hall–Kier alpha value is -1.30. The topological polar surface area (TPSA) is 57.9 Å². The molecule has 0 aliphatic carbocycles. The highest BCUT2D eigenvalue weighted by Gasteiger charge is 2.23. The molecule has 0 fully saturated rings. The van der Waals surface area contributed by atoms with Gasteiger partial charge >= 0.3 is 0 Å². The Balaban J connectivity index is 2.99. The number of hydrogen-bond donors (Lipinski definition) is 0. The number of ether oxygens (including phenoxy) is 2. The number of aryl methyl sites for hydroxylation is 1. The molecule has 2 heterocycles. The molecule has 0 unspecified atom stereocenters. The van der Waals surface area contributed by atoms with Crippen LogP contribution in [0.3, 0.4) is 0 Å². The van der Waals surface area contributed by atoms with Gasteiger partial charge in [0.15, 0.2) is 0 Å². The number of halogens is 1. The lowest BCUT2D eigenvalue weighted by Crippen LogP contribution is -1.93. The van der Waals surface area contributed by atoms with E-state index in [2.05, 4.69) is 20.7 Å². The third-order valence-electron chi connectivity index (χ3n) is 2.13. The summed E-state index contributed by atoms with van der Waals surface area (Å²) in [6, 6.07) is 0. The molecule has 0 saturated carbocycles. The van der Waals surface area contributed by atoms with Crippen LogP contribution in [0, 0.1) is 6.92 Å². The molecule has 0 spiro atoms. The fourth-order valence-corrected chi connectivity index (χ4v) is 1.80. The predicted octanol–water partition coefficient (Wildman–Crippen LogP) is 3.27. The highest BCUT2D eigenvalue weighted by atomic mass is 79.9. The summed E-state index contributed by atoms with van der Waals surface area (Å²) in [5, 5.41) is 0. The molecule has 2 bridgehead atoms. The molecule has 5 nitrogen and oxygen atoms in total. The zero-order valence-corrected chi connectivity index (χ0v) is 10.0. The van der Waals surface area contributed by atoms with E-state index in [0.29, 0.717) is 27.1 Å². The number of methoxy groups -OCH3 is 2. The summed E-state index contributed by atoms with van der Waals surface area (Å²) in [5.41, 5.74) is 1.65. The van der Waals surface area contributed by atoms with Crippen LogP contribution in [-0.2, 0) is 0 Å². The second-order valence-electron chi connectivity index (χ2n) is 2.90. The maximum absolute atomic E-state index is 5.18. The summed E-state index contributed by atoms with van der Waals surface area (Å²) in [7, 11) is 3.04. The third kappa shape index (κ3) is 1.36. The van der Waals surface area contributed by atoms with Crippen molar-refractivity contribution >= 4 is 27.1 Å². The lowest BCUT2D eigenvalue weighted by atomic mass is 10.2. The van der Waals surface area contributed by atoms with Gasteiger partial charge in [-0.15, -0.1) is 0 Å². The van der Waals surface area contributed by atoms with Gasteiger partial charge in [0, 0.05) is 5.56 Å². The number of hydrogen-bond acceptors (Lipinski definition) is 5. The highest BCUT2D eigenvalue weighted by molar-refractivity contribution is 9.10. The van der Waals surface area contributed by atoms with Crippen LogP contribution in [-0.4, -0.2) is 14.2 Å². The monoisotopic (exact) mass is 276 g/mol. The van der Waals surface area contributed by atoms with Gasteiger partial charge in [-0.25, -0.2) is 9.15 Å². The van der Waals surface area contributed by atoms with E-state index >= 15 is 0 Å². The van der Waals surface area contributed by atoms with Crippen molar-refractivity contribution in [2.24, 2.45) is 0 Å².